The molecule has 1 aromatic heterocycles. The van der Waals surface area contributed by atoms with Crippen LogP contribution in [0.5, 0.6) is 0 Å². The lowest BCUT2D eigenvalue weighted by molar-refractivity contribution is 0.719. The summed E-state index contributed by atoms with van der Waals surface area (Å²) in [6.07, 6.45) is 5.26. The second kappa shape index (κ2) is 3.62. The normalized spacial score (nSPS) is 18.6. The van der Waals surface area contributed by atoms with Gasteiger partial charge in [-0.3, -0.25) is 0 Å². The third-order valence-electron chi connectivity index (χ3n) is 2.37. The summed E-state index contributed by atoms with van der Waals surface area (Å²) in [7, 11) is 0. The van der Waals surface area contributed by atoms with E-state index >= 15 is 0 Å². The van der Waals surface area contributed by atoms with E-state index in [1.54, 1.807) is 6.20 Å². The van der Waals surface area contributed by atoms with Crippen LogP contribution in [0.4, 0.5) is 0 Å². The van der Waals surface area contributed by atoms with Gasteiger partial charge in [0, 0.05) is 23.7 Å². The van der Waals surface area contributed by atoms with Crippen LogP contribution in [-0.4, -0.2) is 15.3 Å². The molecule has 70 valence electrons. The summed E-state index contributed by atoms with van der Waals surface area (Å²) < 4.78 is 0. The van der Waals surface area contributed by atoms with E-state index in [1.165, 1.54) is 12.8 Å². The van der Waals surface area contributed by atoms with Crippen molar-refractivity contribution in [1.29, 1.82) is 0 Å². The number of hydrogen-bond acceptors (Lipinski definition) is 2. The van der Waals surface area contributed by atoms with Crippen LogP contribution < -0.4 is 0 Å². The van der Waals surface area contributed by atoms with Crippen LogP contribution >= 0.6 is 11.6 Å². The molecule has 13 heavy (non-hydrogen) atoms. The Labute approximate surface area is 83.4 Å². The minimum Gasteiger partial charge on any atom is -0.242 e. The first-order chi connectivity index (χ1) is 6.25. The predicted molar refractivity (Wildman–Crippen MR) is 52.8 cm³/mol. The van der Waals surface area contributed by atoms with Crippen molar-refractivity contribution in [1.82, 2.24) is 9.97 Å². The van der Waals surface area contributed by atoms with Gasteiger partial charge in [-0.25, -0.2) is 9.97 Å². The van der Waals surface area contributed by atoms with Gasteiger partial charge in [0.1, 0.15) is 5.82 Å². The Morgan fingerprint density at radius 1 is 1.62 bits per heavy atom. The molecule has 0 N–H and O–H groups in total. The van der Waals surface area contributed by atoms with Gasteiger partial charge in [-0.2, -0.15) is 0 Å². The lowest BCUT2D eigenvalue weighted by Crippen LogP contribution is -2.07. The van der Waals surface area contributed by atoms with Crippen LogP contribution in [-0.2, 0) is 6.42 Å². The van der Waals surface area contributed by atoms with Gasteiger partial charge >= 0.3 is 0 Å². The molecule has 2 rings (SSSR count). The third-order valence-corrected chi connectivity index (χ3v) is 2.88. The Balaban J connectivity index is 2.00. The maximum atomic E-state index is 6.20. The highest BCUT2D eigenvalue weighted by Gasteiger charge is 2.29. The molecule has 1 saturated carbocycles. The molecule has 1 atom stereocenters. The fourth-order valence-electron chi connectivity index (χ4n) is 1.44. The van der Waals surface area contributed by atoms with Crippen molar-refractivity contribution in [2.45, 2.75) is 31.6 Å². The van der Waals surface area contributed by atoms with Gasteiger partial charge in [-0.05, 0) is 31.7 Å². The highest BCUT2D eigenvalue weighted by molar-refractivity contribution is 6.21. The number of nitrogens with zero attached hydrogens (tertiary/aromatic N) is 2. The summed E-state index contributed by atoms with van der Waals surface area (Å²) in [6.45, 7) is 1.91. The topological polar surface area (TPSA) is 25.8 Å². The van der Waals surface area contributed by atoms with Crippen molar-refractivity contribution in [3.8, 4) is 0 Å². The van der Waals surface area contributed by atoms with E-state index in [9.17, 15) is 0 Å². The molecule has 0 radical (unpaired) electrons. The lowest BCUT2D eigenvalue weighted by atomic mass is 10.1. The minimum atomic E-state index is 0.272. The molecule has 0 saturated heterocycles. The fourth-order valence-corrected chi connectivity index (χ4v) is 1.85. The van der Waals surface area contributed by atoms with Crippen LogP contribution in [0.3, 0.4) is 0 Å². The molecular formula is C10H13ClN2. The van der Waals surface area contributed by atoms with Gasteiger partial charge in [0.2, 0.25) is 0 Å². The molecule has 2 nitrogen and oxygen atoms in total. The largest absolute Gasteiger partial charge is 0.242 e. The Hall–Kier alpha value is -0.630. The molecule has 1 aliphatic carbocycles. The molecular weight excluding hydrogens is 184 g/mol. The average Bonchev–Trinajstić information content (AvgIpc) is 2.85. The van der Waals surface area contributed by atoms with Crippen molar-refractivity contribution in [3.05, 3.63) is 23.8 Å². The highest BCUT2D eigenvalue weighted by Crippen LogP contribution is 2.36. The monoisotopic (exact) mass is 196 g/mol. The summed E-state index contributed by atoms with van der Waals surface area (Å²) in [5.74, 6) is 1.56. The third kappa shape index (κ3) is 2.41. The SMILES string of the molecule is Cc1nccc(CC(Cl)C2CC2)n1. The maximum absolute atomic E-state index is 6.20. The Kier molecular flexibility index (Phi) is 2.49. The summed E-state index contributed by atoms with van der Waals surface area (Å²) >= 11 is 6.20. The van der Waals surface area contributed by atoms with Gasteiger partial charge in [-0.15, -0.1) is 11.6 Å². The second-order valence-corrected chi connectivity index (χ2v) is 4.21. The first-order valence-electron chi connectivity index (χ1n) is 4.68. The van der Waals surface area contributed by atoms with E-state index in [4.69, 9.17) is 11.6 Å². The zero-order valence-corrected chi connectivity index (χ0v) is 8.46. The van der Waals surface area contributed by atoms with Crippen LogP contribution in [0.25, 0.3) is 0 Å². The molecule has 1 aliphatic rings. The fraction of sp³-hybridized carbons (Fsp3) is 0.600. The molecule has 0 aliphatic heterocycles. The predicted octanol–water partition coefficient (Wildman–Crippen LogP) is 2.34. The second-order valence-electron chi connectivity index (χ2n) is 3.65. The Morgan fingerprint density at radius 3 is 3.00 bits per heavy atom. The van der Waals surface area contributed by atoms with Crippen molar-refractivity contribution < 1.29 is 0 Å². The zero-order chi connectivity index (χ0) is 9.26. The number of hydrogen-bond donors (Lipinski definition) is 0. The molecule has 0 aromatic carbocycles. The Morgan fingerprint density at radius 2 is 2.38 bits per heavy atom. The molecule has 1 fully saturated rings. The molecule has 1 unspecified atom stereocenters. The van der Waals surface area contributed by atoms with Crippen LogP contribution in [0.15, 0.2) is 12.3 Å². The Bertz CT molecular complexity index is 297. The molecule has 0 amide bonds. The highest BCUT2D eigenvalue weighted by atomic mass is 35.5. The van der Waals surface area contributed by atoms with E-state index < -0.39 is 0 Å². The smallest absolute Gasteiger partial charge is 0.125 e. The van der Waals surface area contributed by atoms with Crippen molar-refractivity contribution >= 4 is 11.6 Å². The van der Waals surface area contributed by atoms with E-state index in [-0.39, 0.29) is 5.38 Å². The first-order valence-corrected chi connectivity index (χ1v) is 5.12. The van der Waals surface area contributed by atoms with Gasteiger partial charge < -0.3 is 0 Å². The summed E-state index contributed by atoms with van der Waals surface area (Å²) in [5, 5.41) is 0.272. The maximum Gasteiger partial charge on any atom is 0.125 e. The number of aryl methyl sites for hydroxylation is 1. The van der Waals surface area contributed by atoms with Crippen LogP contribution in [0.2, 0.25) is 0 Å². The summed E-state index contributed by atoms with van der Waals surface area (Å²) in [4.78, 5) is 8.38. The molecule has 0 bridgehead atoms. The summed E-state index contributed by atoms with van der Waals surface area (Å²) in [6, 6.07) is 1.95. The number of alkyl halides is 1. The van der Waals surface area contributed by atoms with E-state index in [1.807, 2.05) is 13.0 Å². The van der Waals surface area contributed by atoms with Crippen molar-refractivity contribution in [2.24, 2.45) is 5.92 Å². The molecule has 0 spiro atoms. The van der Waals surface area contributed by atoms with Crippen LogP contribution in [0, 0.1) is 12.8 Å². The van der Waals surface area contributed by atoms with Gasteiger partial charge in [0.25, 0.3) is 0 Å². The van der Waals surface area contributed by atoms with Crippen molar-refractivity contribution in [2.75, 3.05) is 0 Å². The molecule has 3 heteroatoms. The van der Waals surface area contributed by atoms with Gasteiger partial charge in [0.15, 0.2) is 0 Å². The average molecular weight is 197 g/mol. The first kappa shape index (κ1) is 8.95. The molecule has 1 heterocycles. The van der Waals surface area contributed by atoms with E-state index in [0.29, 0.717) is 0 Å². The number of halogens is 1. The van der Waals surface area contributed by atoms with Crippen molar-refractivity contribution in [3.63, 3.8) is 0 Å². The minimum absolute atomic E-state index is 0.272. The lowest BCUT2D eigenvalue weighted by Gasteiger charge is -2.06. The van der Waals surface area contributed by atoms with E-state index in [2.05, 4.69) is 9.97 Å². The van der Waals surface area contributed by atoms with Gasteiger partial charge in [0.05, 0.1) is 0 Å². The number of aromatic nitrogens is 2. The van der Waals surface area contributed by atoms with Gasteiger partial charge in [-0.1, -0.05) is 0 Å². The quantitative estimate of drug-likeness (QED) is 0.694. The number of rotatable bonds is 3. The standard InChI is InChI=1S/C10H13ClN2/c1-7-12-5-4-9(13-7)6-10(11)8-2-3-8/h4-5,8,10H,2-3,6H2,1H3. The summed E-state index contributed by atoms with van der Waals surface area (Å²) in [5.41, 5.74) is 1.07. The zero-order valence-electron chi connectivity index (χ0n) is 7.70. The van der Waals surface area contributed by atoms with Crippen LogP contribution in [0.1, 0.15) is 24.4 Å². The molecule has 1 aromatic rings. The van der Waals surface area contributed by atoms with E-state index in [0.717, 1.165) is 23.9 Å².